The molecule has 122 valence electrons. The van der Waals surface area contributed by atoms with Crippen molar-refractivity contribution in [2.45, 2.75) is 53.4 Å². The molecule has 0 rings (SSSR count). The molecule has 21 heavy (non-hydrogen) atoms. The number of hydrogen-bond donors (Lipinski definition) is 3. The van der Waals surface area contributed by atoms with Crippen molar-refractivity contribution >= 4 is 17.8 Å². The molecule has 6 nitrogen and oxygen atoms in total. The highest BCUT2D eigenvalue weighted by Crippen LogP contribution is 2.12. The van der Waals surface area contributed by atoms with Crippen molar-refractivity contribution in [2.24, 2.45) is 11.3 Å². The van der Waals surface area contributed by atoms with Gasteiger partial charge in [0, 0.05) is 31.3 Å². The lowest BCUT2D eigenvalue weighted by Crippen LogP contribution is -2.37. The van der Waals surface area contributed by atoms with Crippen molar-refractivity contribution in [1.29, 1.82) is 0 Å². The summed E-state index contributed by atoms with van der Waals surface area (Å²) in [4.78, 5) is 33.6. The maximum atomic E-state index is 11.6. The second kappa shape index (κ2) is 9.37. The molecule has 0 aliphatic rings. The fraction of sp³-hybridized carbons (Fsp3) is 0.800. The van der Waals surface area contributed by atoms with Gasteiger partial charge in [-0.25, -0.2) is 0 Å². The molecule has 0 aromatic carbocycles. The standard InChI is InChI=1S/C15H28N2O4/c1-11(5-6-13(19)20)7-9-16-12(18)8-10-17-14(21)15(2,3)4/h11H,5-10H2,1-4H3,(H,16,18)(H,17,21)(H,19,20). The summed E-state index contributed by atoms with van der Waals surface area (Å²) in [7, 11) is 0. The minimum absolute atomic E-state index is 0.0717. The molecule has 6 heteroatoms. The molecule has 0 radical (unpaired) electrons. The van der Waals surface area contributed by atoms with Gasteiger partial charge in [0.2, 0.25) is 11.8 Å². The summed E-state index contributed by atoms with van der Waals surface area (Å²) >= 11 is 0. The quantitative estimate of drug-likeness (QED) is 0.602. The number of amides is 2. The molecule has 3 N–H and O–H groups in total. The molecular formula is C15H28N2O4. The molecular weight excluding hydrogens is 272 g/mol. The second-order valence-corrected chi connectivity index (χ2v) is 6.43. The fourth-order valence-electron chi connectivity index (χ4n) is 1.62. The summed E-state index contributed by atoms with van der Waals surface area (Å²) in [6, 6.07) is 0. The van der Waals surface area contributed by atoms with E-state index in [0.717, 1.165) is 6.42 Å². The molecule has 0 aromatic rings. The van der Waals surface area contributed by atoms with Gasteiger partial charge in [0.05, 0.1) is 0 Å². The van der Waals surface area contributed by atoms with E-state index in [1.807, 2.05) is 27.7 Å². The van der Waals surface area contributed by atoms with E-state index >= 15 is 0 Å². The van der Waals surface area contributed by atoms with Gasteiger partial charge in [0.15, 0.2) is 0 Å². The maximum absolute atomic E-state index is 11.6. The highest BCUT2D eigenvalue weighted by molar-refractivity contribution is 5.82. The van der Waals surface area contributed by atoms with E-state index < -0.39 is 11.4 Å². The van der Waals surface area contributed by atoms with Gasteiger partial charge >= 0.3 is 5.97 Å². The molecule has 0 spiro atoms. The first-order valence-electron chi connectivity index (χ1n) is 7.39. The molecule has 1 unspecified atom stereocenters. The van der Waals surface area contributed by atoms with Gasteiger partial charge in [0.1, 0.15) is 0 Å². The number of carboxylic acids is 1. The zero-order chi connectivity index (χ0) is 16.5. The van der Waals surface area contributed by atoms with Gasteiger partial charge in [-0.2, -0.15) is 0 Å². The van der Waals surface area contributed by atoms with Gasteiger partial charge in [-0.3, -0.25) is 14.4 Å². The van der Waals surface area contributed by atoms with Crippen LogP contribution in [0.1, 0.15) is 53.4 Å². The van der Waals surface area contributed by atoms with E-state index in [4.69, 9.17) is 5.11 Å². The van der Waals surface area contributed by atoms with Gasteiger partial charge in [-0.1, -0.05) is 27.7 Å². The van der Waals surface area contributed by atoms with Gasteiger partial charge in [-0.05, 0) is 18.8 Å². The number of hydrogen-bond acceptors (Lipinski definition) is 3. The Labute approximate surface area is 126 Å². The van der Waals surface area contributed by atoms with E-state index in [9.17, 15) is 14.4 Å². The van der Waals surface area contributed by atoms with E-state index in [1.165, 1.54) is 0 Å². The summed E-state index contributed by atoms with van der Waals surface area (Å²) in [6.45, 7) is 8.30. The highest BCUT2D eigenvalue weighted by atomic mass is 16.4. The fourth-order valence-corrected chi connectivity index (χ4v) is 1.62. The maximum Gasteiger partial charge on any atom is 0.303 e. The molecule has 0 aliphatic heterocycles. The largest absolute Gasteiger partial charge is 0.481 e. The van der Waals surface area contributed by atoms with Crippen LogP contribution in [0.2, 0.25) is 0 Å². The Morgan fingerprint density at radius 2 is 1.62 bits per heavy atom. The van der Waals surface area contributed by atoms with Crippen molar-refractivity contribution in [3.05, 3.63) is 0 Å². The van der Waals surface area contributed by atoms with E-state index in [0.29, 0.717) is 19.5 Å². The predicted octanol–water partition coefficient (Wildman–Crippen LogP) is 1.55. The Bertz CT molecular complexity index is 361. The van der Waals surface area contributed by atoms with Crippen LogP contribution in [0.5, 0.6) is 0 Å². The number of nitrogens with one attached hydrogen (secondary N) is 2. The Morgan fingerprint density at radius 3 is 2.14 bits per heavy atom. The smallest absolute Gasteiger partial charge is 0.303 e. The third-order valence-electron chi connectivity index (χ3n) is 3.13. The summed E-state index contributed by atoms with van der Waals surface area (Å²) in [6.07, 6.45) is 1.79. The molecule has 0 heterocycles. The van der Waals surface area contributed by atoms with Crippen molar-refractivity contribution in [3.63, 3.8) is 0 Å². The first-order chi connectivity index (χ1) is 9.62. The lowest BCUT2D eigenvalue weighted by atomic mass is 9.96. The Hall–Kier alpha value is -1.59. The summed E-state index contributed by atoms with van der Waals surface area (Å²) < 4.78 is 0. The lowest BCUT2D eigenvalue weighted by Gasteiger charge is -2.17. The van der Waals surface area contributed by atoms with Gasteiger partial charge in [0.25, 0.3) is 0 Å². The minimum Gasteiger partial charge on any atom is -0.481 e. The SMILES string of the molecule is CC(CCNC(=O)CCNC(=O)C(C)(C)C)CCC(=O)O. The summed E-state index contributed by atoms with van der Waals surface area (Å²) in [5.41, 5.74) is -0.448. The van der Waals surface area contributed by atoms with Crippen LogP contribution in [0, 0.1) is 11.3 Å². The Kier molecular flexibility index (Phi) is 8.66. The van der Waals surface area contributed by atoms with Crippen LogP contribution >= 0.6 is 0 Å². The van der Waals surface area contributed by atoms with Crippen LogP contribution in [0.3, 0.4) is 0 Å². The molecule has 2 amide bonds. The Morgan fingerprint density at radius 1 is 1.00 bits per heavy atom. The lowest BCUT2D eigenvalue weighted by molar-refractivity contribution is -0.137. The zero-order valence-electron chi connectivity index (χ0n) is 13.5. The predicted molar refractivity (Wildman–Crippen MR) is 80.7 cm³/mol. The zero-order valence-corrected chi connectivity index (χ0v) is 13.5. The number of carbonyl (C=O) groups excluding carboxylic acids is 2. The molecule has 0 bridgehead atoms. The summed E-state index contributed by atoms with van der Waals surface area (Å²) in [5, 5.41) is 14.1. The van der Waals surface area contributed by atoms with Crippen LogP contribution in [0.4, 0.5) is 0 Å². The monoisotopic (exact) mass is 300 g/mol. The molecule has 1 atom stereocenters. The number of carboxylic acid groups (broad SMARTS) is 1. The topological polar surface area (TPSA) is 95.5 Å². The second-order valence-electron chi connectivity index (χ2n) is 6.43. The van der Waals surface area contributed by atoms with Crippen LogP contribution in [-0.2, 0) is 14.4 Å². The van der Waals surface area contributed by atoms with Crippen LogP contribution in [0.15, 0.2) is 0 Å². The first kappa shape index (κ1) is 19.4. The third kappa shape index (κ3) is 10.8. The van der Waals surface area contributed by atoms with Crippen molar-refractivity contribution in [1.82, 2.24) is 10.6 Å². The summed E-state index contributed by atoms with van der Waals surface area (Å²) in [5.74, 6) is -0.699. The molecule has 0 fully saturated rings. The molecule has 0 aliphatic carbocycles. The molecule has 0 saturated carbocycles. The van der Waals surface area contributed by atoms with Crippen LogP contribution in [-0.4, -0.2) is 36.0 Å². The van der Waals surface area contributed by atoms with E-state index in [-0.39, 0.29) is 30.6 Å². The average Bonchev–Trinajstić information content (AvgIpc) is 2.35. The van der Waals surface area contributed by atoms with Gasteiger partial charge < -0.3 is 15.7 Å². The van der Waals surface area contributed by atoms with Crippen LogP contribution in [0.25, 0.3) is 0 Å². The normalized spacial score (nSPS) is 12.6. The third-order valence-corrected chi connectivity index (χ3v) is 3.13. The van der Waals surface area contributed by atoms with E-state index in [2.05, 4.69) is 10.6 Å². The van der Waals surface area contributed by atoms with Crippen LogP contribution < -0.4 is 10.6 Å². The first-order valence-corrected chi connectivity index (χ1v) is 7.39. The average molecular weight is 300 g/mol. The number of aliphatic carboxylic acids is 1. The Balaban J connectivity index is 3.68. The minimum atomic E-state index is -0.791. The number of carbonyl (C=O) groups is 3. The highest BCUT2D eigenvalue weighted by Gasteiger charge is 2.20. The van der Waals surface area contributed by atoms with Crippen molar-refractivity contribution in [2.75, 3.05) is 13.1 Å². The van der Waals surface area contributed by atoms with Crippen molar-refractivity contribution in [3.8, 4) is 0 Å². The number of rotatable bonds is 9. The van der Waals surface area contributed by atoms with E-state index in [1.54, 1.807) is 0 Å². The van der Waals surface area contributed by atoms with Gasteiger partial charge in [-0.15, -0.1) is 0 Å². The van der Waals surface area contributed by atoms with Crippen molar-refractivity contribution < 1.29 is 19.5 Å². The molecule has 0 aromatic heterocycles. The molecule has 0 saturated heterocycles.